The first kappa shape index (κ1) is 45.0. The molecule has 0 aliphatic carbocycles. The second kappa shape index (κ2) is 22.9. The molecular formula is C47H62N10O6. The molecule has 2 aliphatic rings. The van der Waals surface area contributed by atoms with E-state index in [0.29, 0.717) is 49.3 Å². The van der Waals surface area contributed by atoms with Crippen molar-refractivity contribution in [2.24, 2.45) is 14.1 Å². The summed E-state index contributed by atoms with van der Waals surface area (Å²) in [6.45, 7) is 8.69. The summed E-state index contributed by atoms with van der Waals surface area (Å²) in [5.74, 6) is 1.70. The van der Waals surface area contributed by atoms with Crippen LogP contribution in [0.5, 0.6) is 11.5 Å². The number of piperidine rings is 2. The van der Waals surface area contributed by atoms with Gasteiger partial charge in [-0.25, -0.2) is 9.36 Å². The monoisotopic (exact) mass is 862 g/mol. The zero-order valence-corrected chi connectivity index (χ0v) is 36.7. The number of esters is 1. The Kier molecular flexibility index (Phi) is 16.4. The zero-order chi connectivity index (χ0) is 43.8. The van der Waals surface area contributed by atoms with Crippen molar-refractivity contribution in [1.82, 2.24) is 39.3 Å². The number of aliphatic carboxylic acids is 1. The molecule has 3 aromatic carbocycles. The predicted molar refractivity (Wildman–Crippen MR) is 240 cm³/mol. The molecule has 0 atom stereocenters. The van der Waals surface area contributed by atoms with Crippen molar-refractivity contribution in [1.29, 1.82) is 0 Å². The Morgan fingerprint density at radius 2 is 1.10 bits per heavy atom. The van der Waals surface area contributed by atoms with Crippen LogP contribution < -0.4 is 20.1 Å². The van der Waals surface area contributed by atoms with Gasteiger partial charge in [0.1, 0.15) is 11.5 Å². The van der Waals surface area contributed by atoms with Gasteiger partial charge < -0.3 is 30.0 Å². The summed E-state index contributed by atoms with van der Waals surface area (Å²) in [6, 6.07) is 23.5. The maximum Gasteiger partial charge on any atom is 0.311 e. The normalized spacial score (nSPS) is 14.7. The van der Waals surface area contributed by atoms with E-state index >= 15 is 0 Å². The third-order valence-electron chi connectivity index (χ3n) is 11.3. The van der Waals surface area contributed by atoms with Gasteiger partial charge in [0.25, 0.3) is 0 Å². The van der Waals surface area contributed by atoms with Gasteiger partial charge in [0, 0.05) is 40.3 Å². The highest BCUT2D eigenvalue weighted by Crippen LogP contribution is 2.25. The molecule has 2 fully saturated rings. The third kappa shape index (κ3) is 14.0. The lowest BCUT2D eigenvalue weighted by atomic mass is 10.1. The second-order valence-corrected chi connectivity index (χ2v) is 16.5. The van der Waals surface area contributed by atoms with E-state index in [9.17, 15) is 9.59 Å². The number of hydrogen-bond acceptors (Lipinski definition) is 13. The average Bonchev–Trinajstić information content (AvgIpc) is 3.84. The van der Waals surface area contributed by atoms with E-state index in [-0.39, 0.29) is 24.5 Å². The number of hydrogen-bond donors (Lipinski definition) is 3. The summed E-state index contributed by atoms with van der Waals surface area (Å²) >= 11 is 0. The Labute approximate surface area is 370 Å². The summed E-state index contributed by atoms with van der Waals surface area (Å²) in [5, 5.41) is 25.1. The molecule has 0 bridgehead atoms. The average molecular weight is 863 g/mol. The fraction of sp³-hybridized carbons (Fsp3) is 0.489. The van der Waals surface area contributed by atoms with Crippen LogP contribution in [0.15, 0.2) is 72.8 Å². The van der Waals surface area contributed by atoms with Gasteiger partial charge in [0.05, 0.1) is 26.1 Å². The summed E-state index contributed by atoms with van der Waals surface area (Å²) in [4.78, 5) is 39.1. The van der Waals surface area contributed by atoms with Crippen LogP contribution in [-0.4, -0.2) is 109 Å². The van der Waals surface area contributed by atoms with Gasteiger partial charge in [0.2, 0.25) is 29.6 Å². The first-order valence-corrected chi connectivity index (χ1v) is 22.4. The fourth-order valence-corrected chi connectivity index (χ4v) is 7.99. The molecule has 0 saturated carbocycles. The third-order valence-corrected chi connectivity index (χ3v) is 11.3. The van der Waals surface area contributed by atoms with Gasteiger partial charge in [0.15, 0.2) is 0 Å². The van der Waals surface area contributed by atoms with E-state index in [1.807, 2.05) is 12.1 Å². The Balaban J connectivity index is 0.944. The number of carboxylic acids is 1. The minimum atomic E-state index is -1.10. The molecule has 3 N–H and O–H groups in total. The van der Waals surface area contributed by atoms with Crippen molar-refractivity contribution in [3.63, 3.8) is 0 Å². The zero-order valence-electron chi connectivity index (χ0n) is 36.7. The highest BCUT2D eigenvalue weighted by Gasteiger charge is 2.30. The van der Waals surface area contributed by atoms with Crippen LogP contribution >= 0.6 is 0 Å². The van der Waals surface area contributed by atoms with Crippen molar-refractivity contribution >= 4 is 23.8 Å². The van der Waals surface area contributed by atoms with Crippen LogP contribution in [0, 0.1) is 0 Å². The maximum atomic E-state index is 13.5. The lowest BCUT2D eigenvalue weighted by Gasteiger charge is -2.26. The Hall–Kier alpha value is -6.00. The van der Waals surface area contributed by atoms with E-state index in [1.165, 1.54) is 49.7 Å². The number of carboxylic acid groups (broad SMARTS) is 1. The minimum Gasteiger partial charge on any atom is -0.494 e. The number of nitrogens with zero attached hydrogens (tertiary/aromatic N) is 8. The van der Waals surface area contributed by atoms with Gasteiger partial charge in [-0.2, -0.15) is 20.2 Å². The fourth-order valence-electron chi connectivity index (χ4n) is 7.99. The number of benzene rings is 3. The van der Waals surface area contributed by atoms with E-state index in [4.69, 9.17) is 29.3 Å². The molecule has 7 rings (SSSR count). The van der Waals surface area contributed by atoms with Gasteiger partial charge in [-0.05, 0) is 111 Å². The molecule has 0 spiro atoms. The molecule has 16 nitrogen and oxygen atoms in total. The molecule has 16 heteroatoms. The Morgan fingerprint density at radius 1 is 0.635 bits per heavy atom. The molecule has 0 amide bonds. The number of ether oxygens (including phenoxy) is 3. The van der Waals surface area contributed by atoms with E-state index in [1.54, 1.807) is 47.7 Å². The molecular weight excluding hydrogens is 801 g/mol. The van der Waals surface area contributed by atoms with Crippen LogP contribution in [0.1, 0.15) is 91.4 Å². The van der Waals surface area contributed by atoms with Crippen molar-refractivity contribution in [2.75, 3.05) is 63.1 Å². The number of anilines is 2. The number of rotatable bonds is 23. The van der Waals surface area contributed by atoms with E-state index in [2.05, 4.69) is 67.0 Å². The number of aromatic nitrogens is 6. The Bertz CT molecular complexity index is 2100. The quantitative estimate of drug-likeness (QED) is 0.0502. The SMILES string of the molecule is Cn1nc(C(OC(=O)Cc2ccc(CC(=O)O)cc2)c2nc(NCCCOc3cccc(CN4CCCCC4)c3)n(C)n2)nc1NCCCOc1cccc(CN2CCCCC2)c1. The van der Waals surface area contributed by atoms with Crippen LogP contribution in [0.25, 0.3) is 0 Å². The molecule has 4 heterocycles. The van der Waals surface area contributed by atoms with Crippen molar-refractivity contribution in [3.05, 3.63) is 107 Å². The molecule has 0 unspecified atom stereocenters. The molecule has 63 heavy (non-hydrogen) atoms. The molecule has 2 saturated heterocycles. The van der Waals surface area contributed by atoms with Crippen molar-refractivity contribution in [3.8, 4) is 11.5 Å². The van der Waals surface area contributed by atoms with Gasteiger partial charge in [-0.1, -0.05) is 61.4 Å². The van der Waals surface area contributed by atoms with Crippen LogP contribution in [0.4, 0.5) is 11.9 Å². The molecule has 336 valence electrons. The topological polar surface area (TPSA) is 174 Å². The van der Waals surface area contributed by atoms with E-state index in [0.717, 1.165) is 63.6 Å². The number of carbonyl (C=O) groups excluding carboxylic acids is 1. The first-order chi connectivity index (χ1) is 30.7. The van der Waals surface area contributed by atoms with Gasteiger partial charge >= 0.3 is 11.9 Å². The highest BCUT2D eigenvalue weighted by atomic mass is 16.5. The maximum absolute atomic E-state index is 13.5. The number of aryl methyl sites for hydroxylation is 2. The minimum absolute atomic E-state index is 0.0535. The number of nitrogens with one attached hydrogen (secondary N) is 2. The van der Waals surface area contributed by atoms with Crippen LogP contribution in [-0.2, 0) is 54.4 Å². The Morgan fingerprint density at radius 3 is 1.56 bits per heavy atom. The second-order valence-electron chi connectivity index (χ2n) is 16.5. The predicted octanol–water partition coefficient (Wildman–Crippen LogP) is 6.18. The summed E-state index contributed by atoms with van der Waals surface area (Å²) in [7, 11) is 3.54. The molecule has 5 aromatic rings. The van der Waals surface area contributed by atoms with Crippen LogP contribution in [0.3, 0.4) is 0 Å². The lowest BCUT2D eigenvalue weighted by Crippen LogP contribution is -2.29. The van der Waals surface area contributed by atoms with Gasteiger partial charge in [-0.3, -0.25) is 19.4 Å². The molecule has 2 aromatic heterocycles. The number of likely N-dealkylation sites (tertiary alicyclic amines) is 2. The van der Waals surface area contributed by atoms with Crippen molar-refractivity contribution < 1.29 is 28.9 Å². The highest BCUT2D eigenvalue weighted by molar-refractivity contribution is 5.73. The lowest BCUT2D eigenvalue weighted by molar-refractivity contribution is -0.147. The summed E-state index contributed by atoms with van der Waals surface area (Å²) < 4.78 is 21.5. The first-order valence-electron chi connectivity index (χ1n) is 22.4. The molecule has 2 aliphatic heterocycles. The van der Waals surface area contributed by atoms with Gasteiger partial charge in [-0.15, -0.1) is 0 Å². The van der Waals surface area contributed by atoms with Crippen molar-refractivity contribution in [2.45, 2.75) is 83.4 Å². The number of carbonyl (C=O) groups is 2. The van der Waals surface area contributed by atoms with Crippen LogP contribution in [0.2, 0.25) is 0 Å². The summed E-state index contributed by atoms with van der Waals surface area (Å²) in [6.07, 6.45) is 7.87. The smallest absolute Gasteiger partial charge is 0.311 e. The van der Waals surface area contributed by atoms with E-state index < -0.39 is 18.0 Å². The summed E-state index contributed by atoms with van der Waals surface area (Å²) in [5.41, 5.74) is 3.84. The molecule has 0 radical (unpaired) electrons. The standard InChI is InChI=1S/C47H62N10O6/c1-54-46(48-21-11-27-61-39-15-9-13-37(29-39)33-56-23-5-3-6-24-56)50-44(52-54)43(63-42(60)32-36-19-17-35(18-20-36)31-41(58)59)45-51-47(55(2)53-45)49-22-12-28-62-40-16-10-14-38(30-40)34-57-25-7-4-8-26-57/h9-10,13-20,29-30,43H,3-8,11-12,21-28,31-34H2,1-2H3,(H,58,59)(H,48,50,52)(H,49,51,53). The largest absolute Gasteiger partial charge is 0.494 e.